The number of nitrogens with two attached hydrogens (primary N) is 1. The number of carboxylic acid groups (broad SMARTS) is 1. The van der Waals surface area contributed by atoms with Gasteiger partial charge in [-0.2, -0.15) is 0 Å². The Kier molecular flexibility index (Phi) is 5.06. The number of hydrogen-bond donors (Lipinski definition) is 3. The Bertz CT molecular complexity index is 486. The van der Waals surface area contributed by atoms with E-state index in [1.807, 2.05) is 13.8 Å². The minimum absolute atomic E-state index is 0.0399. The van der Waals surface area contributed by atoms with E-state index in [1.165, 1.54) is 0 Å². The summed E-state index contributed by atoms with van der Waals surface area (Å²) in [5.74, 6) is -1.38. The Hall–Kier alpha value is -1.88. The molecule has 4 N–H and O–H groups in total. The summed E-state index contributed by atoms with van der Waals surface area (Å²) in [6.45, 7) is 5.53. The molecule has 0 spiro atoms. The summed E-state index contributed by atoms with van der Waals surface area (Å²) in [5, 5.41) is 11.8. The van der Waals surface area contributed by atoms with Gasteiger partial charge in [-0.25, -0.2) is 4.79 Å². The Morgan fingerprint density at radius 3 is 2.58 bits per heavy atom. The molecule has 19 heavy (non-hydrogen) atoms. The second kappa shape index (κ2) is 6.33. The average Bonchev–Trinajstić information content (AvgIpc) is 2.36. The molecule has 0 aromatic heterocycles. The van der Waals surface area contributed by atoms with Crippen molar-refractivity contribution in [1.29, 1.82) is 0 Å². The van der Waals surface area contributed by atoms with Gasteiger partial charge in [0.2, 0.25) is 5.91 Å². The van der Waals surface area contributed by atoms with Crippen molar-refractivity contribution in [3.63, 3.8) is 0 Å². The van der Waals surface area contributed by atoms with Crippen molar-refractivity contribution >= 4 is 17.6 Å². The molecule has 1 aromatic carbocycles. The van der Waals surface area contributed by atoms with Crippen molar-refractivity contribution < 1.29 is 14.7 Å². The lowest BCUT2D eigenvalue weighted by molar-refractivity contribution is -0.118. The quantitative estimate of drug-likeness (QED) is 0.758. The van der Waals surface area contributed by atoms with Crippen molar-refractivity contribution in [2.75, 3.05) is 5.32 Å². The van der Waals surface area contributed by atoms with Crippen LogP contribution >= 0.6 is 0 Å². The predicted octanol–water partition coefficient (Wildman–Crippen LogP) is 2.01. The smallest absolute Gasteiger partial charge is 0.338 e. The highest BCUT2D eigenvalue weighted by molar-refractivity contribution is 6.03. The van der Waals surface area contributed by atoms with E-state index in [9.17, 15) is 14.7 Å². The summed E-state index contributed by atoms with van der Waals surface area (Å²) in [4.78, 5) is 23.2. The maximum absolute atomic E-state index is 12.0. The monoisotopic (exact) mass is 264 g/mol. The number of amides is 1. The number of carbonyl (C=O) groups excluding carboxylic acids is 1. The Labute approximate surface area is 112 Å². The number of aromatic carboxylic acids is 1. The summed E-state index contributed by atoms with van der Waals surface area (Å²) in [5.41, 5.74) is 6.82. The number of hydrogen-bond acceptors (Lipinski definition) is 3. The topological polar surface area (TPSA) is 92.4 Å². The lowest BCUT2D eigenvalue weighted by Crippen LogP contribution is -2.40. The van der Waals surface area contributed by atoms with Crippen molar-refractivity contribution in [2.24, 2.45) is 11.7 Å². The van der Waals surface area contributed by atoms with E-state index in [0.717, 1.165) is 6.42 Å². The van der Waals surface area contributed by atoms with Crippen LogP contribution in [0.15, 0.2) is 18.2 Å². The van der Waals surface area contributed by atoms with Crippen LogP contribution in [0.3, 0.4) is 0 Å². The largest absolute Gasteiger partial charge is 0.478 e. The molecule has 0 radical (unpaired) electrons. The van der Waals surface area contributed by atoms with Gasteiger partial charge in [0.1, 0.15) is 0 Å². The molecule has 0 heterocycles. The van der Waals surface area contributed by atoms with Crippen LogP contribution in [-0.4, -0.2) is 23.0 Å². The van der Waals surface area contributed by atoms with Crippen molar-refractivity contribution in [3.05, 3.63) is 29.3 Å². The minimum atomic E-state index is -1.06. The number of benzene rings is 1. The van der Waals surface area contributed by atoms with Gasteiger partial charge in [0.15, 0.2) is 0 Å². The number of aryl methyl sites for hydroxylation is 1. The molecule has 0 saturated carbocycles. The van der Waals surface area contributed by atoms with Crippen LogP contribution in [0.1, 0.15) is 36.2 Å². The molecule has 104 valence electrons. The van der Waals surface area contributed by atoms with Gasteiger partial charge >= 0.3 is 5.97 Å². The Morgan fingerprint density at radius 2 is 2.05 bits per heavy atom. The summed E-state index contributed by atoms with van der Waals surface area (Å²) >= 11 is 0. The Morgan fingerprint density at radius 1 is 1.42 bits per heavy atom. The zero-order chi connectivity index (χ0) is 14.6. The molecule has 1 amide bonds. The number of carboxylic acids is 1. The summed E-state index contributed by atoms with van der Waals surface area (Å²) in [6.07, 6.45) is 0.786. The van der Waals surface area contributed by atoms with Crippen molar-refractivity contribution in [2.45, 2.75) is 33.2 Å². The van der Waals surface area contributed by atoms with Crippen LogP contribution in [0.5, 0.6) is 0 Å². The summed E-state index contributed by atoms with van der Waals surface area (Å²) in [7, 11) is 0. The van der Waals surface area contributed by atoms with Crippen LogP contribution < -0.4 is 11.1 Å². The SMILES string of the molecule is CC[C@H](C)[C@H](N)C(=O)Nc1cccc(C)c1C(=O)O. The van der Waals surface area contributed by atoms with E-state index >= 15 is 0 Å². The van der Waals surface area contributed by atoms with Crippen LogP contribution in [0, 0.1) is 12.8 Å². The van der Waals surface area contributed by atoms with E-state index in [2.05, 4.69) is 5.32 Å². The summed E-state index contributed by atoms with van der Waals surface area (Å²) in [6, 6.07) is 4.31. The van der Waals surface area contributed by atoms with Gasteiger partial charge in [-0.1, -0.05) is 32.4 Å². The lowest BCUT2D eigenvalue weighted by atomic mass is 9.99. The molecule has 2 atom stereocenters. The molecule has 1 rings (SSSR count). The maximum atomic E-state index is 12.0. The molecule has 5 nitrogen and oxygen atoms in total. The van der Waals surface area contributed by atoms with Gasteiger partial charge < -0.3 is 16.2 Å². The maximum Gasteiger partial charge on any atom is 0.338 e. The van der Waals surface area contributed by atoms with E-state index in [0.29, 0.717) is 5.56 Å². The number of rotatable bonds is 5. The normalized spacial score (nSPS) is 13.7. The van der Waals surface area contributed by atoms with E-state index in [-0.39, 0.29) is 23.1 Å². The van der Waals surface area contributed by atoms with Gasteiger partial charge in [0.25, 0.3) is 0 Å². The molecule has 1 aromatic rings. The molecular formula is C14H20N2O3. The van der Waals surface area contributed by atoms with Gasteiger partial charge in [0, 0.05) is 0 Å². The minimum Gasteiger partial charge on any atom is -0.478 e. The first-order valence-corrected chi connectivity index (χ1v) is 6.27. The molecule has 0 fully saturated rings. The van der Waals surface area contributed by atoms with Gasteiger partial charge in [-0.15, -0.1) is 0 Å². The fraction of sp³-hybridized carbons (Fsp3) is 0.429. The van der Waals surface area contributed by atoms with Gasteiger partial charge in [-0.05, 0) is 24.5 Å². The molecule has 0 aliphatic rings. The second-order valence-corrected chi connectivity index (χ2v) is 4.70. The Balaban J connectivity index is 2.97. The molecule has 0 saturated heterocycles. The first kappa shape index (κ1) is 15.2. The molecule has 5 heteroatoms. The zero-order valence-corrected chi connectivity index (χ0v) is 11.4. The van der Waals surface area contributed by atoms with Crippen molar-refractivity contribution in [3.8, 4) is 0 Å². The number of nitrogens with one attached hydrogen (secondary N) is 1. The third-order valence-corrected chi connectivity index (χ3v) is 3.30. The van der Waals surface area contributed by atoms with Crippen LogP contribution in [0.25, 0.3) is 0 Å². The summed E-state index contributed by atoms with van der Waals surface area (Å²) < 4.78 is 0. The fourth-order valence-corrected chi connectivity index (χ4v) is 1.78. The van der Waals surface area contributed by atoms with Crippen LogP contribution in [0.4, 0.5) is 5.69 Å². The van der Waals surface area contributed by atoms with Crippen LogP contribution in [0.2, 0.25) is 0 Å². The highest BCUT2D eigenvalue weighted by Crippen LogP contribution is 2.20. The van der Waals surface area contributed by atoms with E-state index in [1.54, 1.807) is 25.1 Å². The molecule has 0 unspecified atom stereocenters. The molecule has 0 bridgehead atoms. The third-order valence-electron chi connectivity index (χ3n) is 3.30. The molecule has 0 aliphatic heterocycles. The fourth-order valence-electron chi connectivity index (χ4n) is 1.78. The van der Waals surface area contributed by atoms with Crippen LogP contribution in [-0.2, 0) is 4.79 Å². The standard InChI is InChI=1S/C14H20N2O3/c1-4-8(2)12(15)13(17)16-10-7-5-6-9(3)11(10)14(18)19/h5-8,12H,4,15H2,1-3H3,(H,16,17)(H,18,19)/t8-,12-/m0/s1. The first-order chi connectivity index (χ1) is 8.88. The average molecular weight is 264 g/mol. The first-order valence-electron chi connectivity index (χ1n) is 6.27. The second-order valence-electron chi connectivity index (χ2n) is 4.70. The highest BCUT2D eigenvalue weighted by Gasteiger charge is 2.21. The zero-order valence-electron chi connectivity index (χ0n) is 11.4. The van der Waals surface area contributed by atoms with Crippen molar-refractivity contribution in [1.82, 2.24) is 0 Å². The number of anilines is 1. The third kappa shape index (κ3) is 3.54. The van der Waals surface area contributed by atoms with E-state index in [4.69, 9.17) is 5.73 Å². The predicted molar refractivity (Wildman–Crippen MR) is 74.2 cm³/mol. The lowest BCUT2D eigenvalue weighted by Gasteiger charge is -2.18. The number of carbonyl (C=O) groups is 2. The molecular weight excluding hydrogens is 244 g/mol. The molecule has 0 aliphatic carbocycles. The van der Waals surface area contributed by atoms with Gasteiger partial charge in [-0.3, -0.25) is 4.79 Å². The van der Waals surface area contributed by atoms with Gasteiger partial charge in [0.05, 0.1) is 17.3 Å². The highest BCUT2D eigenvalue weighted by atomic mass is 16.4. The van der Waals surface area contributed by atoms with E-state index < -0.39 is 12.0 Å².